The molecule has 0 aromatic heterocycles. The van der Waals surface area contributed by atoms with Crippen molar-refractivity contribution in [3.05, 3.63) is 27.7 Å². The molecule has 0 atom stereocenters. The number of nitrogens with zero attached hydrogens (tertiary/aromatic N) is 1. The Kier molecular flexibility index (Phi) is 5.26. The van der Waals surface area contributed by atoms with Gasteiger partial charge in [-0.15, -0.1) is 0 Å². The first-order chi connectivity index (χ1) is 9.52. The molecule has 0 amide bonds. The van der Waals surface area contributed by atoms with Crippen molar-refractivity contribution in [3.8, 4) is 6.07 Å². The van der Waals surface area contributed by atoms with Crippen LogP contribution in [0.5, 0.6) is 0 Å². The van der Waals surface area contributed by atoms with E-state index >= 15 is 0 Å². The van der Waals surface area contributed by atoms with E-state index in [0.717, 1.165) is 0 Å². The van der Waals surface area contributed by atoms with Gasteiger partial charge in [-0.2, -0.15) is 5.26 Å². The van der Waals surface area contributed by atoms with Gasteiger partial charge in [0.05, 0.1) is 37.7 Å². The van der Waals surface area contributed by atoms with Gasteiger partial charge in [-0.25, -0.2) is 13.2 Å². The molecule has 21 heavy (non-hydrogen) atoms. The average Bonchev–Trinajstić information content (AvgIpc) is 2.36. The van der Waals surface area contributed by atoms with Gasteiger partial charge in [0.15, 0.2) is 9.84 Å². The van der Waals surface area contributed by atoms with E-state index in [1.165, 1.54) is 12.1 Å². The van der Waals surface area contributed by atoms with Crippen molar-refractivity contribution in [2.75, 3.05) is 5.75 Å². The van der Waals surface area contributed by atoms with Crippen LogP contribution in [0.2, 0.25) is 10.0 Å². The lowest BCUT2D eigenvalue weighted by Gasteiger charge is -2.15. The lowest BCUT2D eigenvalue weighted by Crippen LogP contribution is -2.17. The third kappa shape index (κ3) is 4.10. The second-order valence-electron chi connectivity index (χ2n) is 5.10. The van der Waals surface area contributed by atoms with Crippen LogP contribution in [0.15, 0.2) is 17.0 Å². The summed E-state index contributed by atoms with van der Waals surface area (Å²) >= 11 is 11.6. The molecule has 1 aromatic carbocycles. The molecular formula is C13H13Cl2NO4S. The summed E-state index contributed by atoms with van der Waals surface area (Å²) in [6.45, 7) is 3.24. The number of hydrogen-bond donors (Lipinski definition) is 1. The predicted octanol–water partition coefficient (Wildman–Crippen LogP) is 3.41. The lowest BCUT2D eigenvalue weighted by molar-refractivity contribution is 0.0697. The Morgan fingerprint density at radius 2 is 1.95 bits per heavy atom. The Labute approximate surface area is 133 Å². The van der Waals surface area contributed by atoms with Crippen LogP contribution in [0, 0.1) is 16.7 Å². The smallest absolute Gasteiger partial charge is 0.338 e. The van der Waals surface area contributed by atoms with E-state index in [1.807, 2.05) is 6.07 Å². The minimum atomic E-state index is -3.81. The largest absolute Gasteiger partial charge is 0.478 e. The Morgan fingerprint density at radius 1 is 1.38 bits per heavy atom. The van der Waals surface area contributed by atoms with Crippen LogP contribution in [0.25, 0.3) is 0 Å². The maximum atomic E-state index is 12.3. The highest BCUT2D eigenvalue weighted by molar-refractivity contribution is 7.91. The highest BCUT2D eigenvalue weighted by Crippen LogP contribution is 2.33. The summed E-state index contributed by atoms with van der Waals surface area (Å²) in [5, 5.41) is 17.4. The molecule has 5 nitrogen and oxygen atoms in total. The molecule has 0 fully saturated rings. The average molecular weight is 350 g/mol. The number of halogens is 2. The lowest BCUT2D eigenvalue weighted by atomic mass is 9.93. The molecule has 0 aliphatic rings. The summed E-state index contributed by atoms with van der Waals surface area (Å²) in [5.74, 6) is -1.71. The summed E-state index contributed by atoms with van der Waals surface area (Å²) in [7, 11) is -3.81. The van der Waals surface area contributed by atoms with E-state index in [2.05, 4.69) is 0 Å². The van der Waals surface area contributed by atoms with Crippen LogP contribution in [-0.2, 0) is 9.84 Å². The number of hydrogen-bond acceptors (Lipinski definition) is 4. The van der Waals surface area contributed by atoms with Gasteiger partial charge in [0.1, 0.15) is 0 Å². The molecule has 1 aromatic rings. The third-order valence-electron chi connectivity index (χ3n) is 2.90. The summed E-state index contributed by atoms with van der Waals surface area (Å²) in [5.41, 5.74) is -1.25. The maximum absolute atomic E-state index is 12.3. The molecule has 0 aliphatic carbocycles. The number of carbonyl (C=O) groups is 1. The van der Waals surface area contributed by atoms with Gasteiger partial charge < -0.3 is 5.11 Å². The topological polar surface area (TPSA) is 95.2 Å². The van der Waals surface area contributed by atoms with Gasteiger partial charge in [0.2, 0.25) is 0 Å². The monoisotopic (exact) mass is 349 g/mol. The zero-order valence-corrected chi connectivity index (χ0v) is 13.7. The normalized spacial score (nSPS) is 12.0. The minimum absolute atomic E-state index is 0.104. The fourth-order valence-electron chi connectivity index (χ4n) is 1.52. The van der Waals surface area contributed by atoms with Gasteiger partial charge in [0, 0.05) is 0 Å². The highest BCUT2D eigenvalue weighted by atomic mass is 35.5. The van der Waals surface area contributed by atoms with Crippen molar-refractivity contribution in [1.82, 2.24) is 0 Å². The molecule has 0 aliphatic heterocycles. The summed E-state index contributed by atoms with van der Waals surface area (Å²) in [4.78, 5) is 10.8. The van der Waals surface area contributed by atoms with Crippen LogP contribution in [0.4, 0.5) is 0 Å². The number of carboxylic acid groups (broad SMARTS) is 1. The molecule has 0 saturated heterocycles. The quantitative estimate of drug-likeness (QED) is 0.878. The van der Waals surface area contributed by atoms with Gasteiger partial charge in [-0.3, -0.25) is 0 Å². The summed E-state index contributed by atoms with van der Waals surface area (Å²) in [6, 6.07) is 4.36. The first-order valence-corrected chi connectivity index (χ1v) is 8.28. The van der Waals surface area contributed by atoms with Crippen molar-refractivity contribution in [1.29, 1.82) is 5.26 Å². The SMILES string of the molecule is CC(C)(C#N)CCS(=O)(=O)c1ccc(Cl)c(C(=O)O)c1Cl. The summed E-state index contributed by atoms with van der Waals surface area (Å²) in [6.07, 6.45) is 0.104. The Hall–Kier alpha value is -1.29. The maximum Gasteiger partial charge on any atom is 0.338 e. The van der Waals surface area contributed by atoms with Crippen molar-refractivity contribution in [2.45, 2.75) is 25.2 Å². The van der Waals surface area contributed by atoms with Gasteiger partial charge in [0.25, 0.3) is 0 Å². The first-order valence-electron chi connectivity index (χ1n) is 5.87. The molecule has 0 spiro atoms. The zero-order chi connectivity index (χ0) is 16.4. The molecule has 0 unspecified atom stereocenters. The van der Waals surface area contributed by atoms with Gasteiger partial charge >= 0.3 is 5.97 Å². The van der Waals surface area contributed by atoms with Crippen LogP contribution in [0.1, 0.15) is 30.6 Å². The number of nitriles is 1. The second-order valence-corrected chi connectivity index (χ2v) is 7.97. The van der Waals surface area contributed by atoms with E-state index in [-0.39, 0.29) is 22.1 Å². The molecule has 0 saturated carbocycles. The molecule has 8 heteroatoms. The molecular weight excluding hydrogens is 337 g/mol. The van der Waals surface area contributed by atoms with Crippen LogP contribution < -0.4 is 0 Å². The van der Waals surface area contributed by atoms with Crippen LogP contribution >= 0.6 is 23.2 Å². The van der Waals surface area contributed by atoms with E-state index in [4.69, 9.17) is 33.6 Å². The first kappa shape index (κ1) is 17.8. The minimum Gasteiger partial charge on any atom is -0.478 e. The fraction of sp³-hybridized carbons (Fsp3) is 0.385. The van der Waals surface area contributed by atoms with Crippen molar-refractivity contribution >= 4 is 39.0 Å². The number of carboxylic acids is 1. The van der Waals surface area contributed by atoms with Crippen LogP contribution in [0.3, 0.4) is 0 Å². The Morgan fingerprint density at radius 3 is 2.43 bits per heavy atom. The van der Waals surface area contributed by atoms with Crippen molar-refractivity contribution in [3.63, 3.8) is 0 Å². The molecule has 0 heterocycles. The number of sulfone groups is 1. The molecule has 1 N–H and O–H groups in total. The summed E-state index contributed by atoms with van der Waals surface area (Å²) < 4.78 is 24.5. The van der Waals surface area contributed by atoms with Gasteiger partial charge in [-0.1, -0.05) is 23.2 Å². The third-order valence-corrected chi connectivity index (χ3v) is 5.47. The van der Waals surface area contributed by atoms with Crippen molar-refractivity contribution in [2.24, 2.45) is 5.41 Å². The molecule has 0 radical (unpaired) electrons. The van der Waals surface area contributed by atoms with Crippen LogP contribution in [-0.4, -0.2) is 25.2 Å². The Bertz CT molecular complexity index is 720. The highest BCUT2D eigenvalue weighted by Gasteiger charge is 2.27. The fourth-order valence-corrected chi connectivity index (χ4v) is 4.06. The van der Waals surface area contributed by atoms with Crippen molar-refractivity contribution < 1.29 is 18.3 Å². The van der Waals surface area contributed by atoms with E-state index in [1.54, 1.807) is 13.8 Å². The molecule has 1 rings (SSSR count). The second kappa shape index (κ2) is 6.22. The Balaban J connectivity index is 3.26. The number of benzene rings is 1. The number of rotatable bonds is 5. The standard InChI is InChI=1S/C13H13Cl2NO4S/c1-13(2,7-16)5-6-21(19,20)9-4-3-8(14)10(11(9)15)12(17)18/h3-4H,5-6H2,1-2H3,(H,17,18). The molecule has 0 bridgehead atoms. The number of aromatic carboxylic acids is 1. The van der Waals surface area contributed by atoms with Gasteiger partial charge in [-0.05, 0) is 32.4 Å². The molecule has 114 valence electrons. The van der Waals surface area contributed by atoms with E-state index < -0.39 is 31.8 Å². The van der Waals surface area contributed by atoms with E-state index in [9.17, 15) is 13.2 Å². The zero-order valence-electron chi connectivity index (χ0n) is 11.4. The van der Waals surface area contributed by atoms with E-state index in [0.29, 0.717) is 0 Å². The predicted molar refractivity (Wildman–Crippen MR) is 79.5 cm³/mol.